The fraction of sp³-hybridized carbons (Fsp3) is 0.750. The van der Waals surface area contributed by atoms with E-state index in [4.69, 9.17) is 9.47 Å². The van der Waals surface area contributed by atoms with Crippen LogP contribution in [-0.4, -0.2) is 43.0 Å². The van der Waals surface area contributed by atoms with Gasteiger partial charge in [-0.1, -0.05) is 0 Å². The molecule has 1 unspecified atom stereocenters. The molecule has 0 aliphatic rings. The smallest absolute Gasteiger partial charge is 0.105 e. The molecule has 1 heterocycles. The molecular formula is C12H23N3O2. The van der Waals surface area contributed by atoms with Crippen LogP contribution < -0.4 is 5.32 Å². The average Bonchev–Trinajstić information content (AvgIpc) is 2.67. The van der Waals surface area contributed by atoms with Gasteiger partial charge >= 0.3 is 0 Å². The lowest BCUT2D eigenvalue weighted by molar-refractivity contribution is 0.102. The molecule has 0 fully saturated rings. The molecule has 0 radical (unpaired) electrons. The van der Waals surface area contributed by atoms with Crippen LogP contribution in [0.25, 0.3) is 0 Å². The quantitative estimate of drug-likeness (QED) is 0.689. The molecule has 17 heavy (non-hydrogen) atoms. The van der Waals surface area contributed by atoms with Crippen molar-refractivity contribution in [3.8, 4) is 0 Å². The molecule has 1 rings (SSSR count). The van der Waals surface area contributed by atoms with Crippen molar-refractivity contribution in [1.82, 2.24) is 14.9 Å². The number of hydrogen-bond acceptors (Lipinski definition) is 4. The minimum atomic E-state index is 0.195. The van der Waals surface area contributed by atoms with Crippen LogP contribution in [0.15, 0.2) is 6.20 Å². The molecule has 1 atom stereocenters. The standard InChI is InChI=1S/C12H23N3O2/c1-10(17-4)9-15-11(2)14-8-12(15)7-13-5-6-16-3/h8,10,13H,5-7,9H2,1-4H3. The van der Waals surface area contributed by atoms with Gasteiger partial charge in [0.2, 0.25) is 0 Å². The highest BCUT2D eigenvalue weighted by molar-refractivity contribution is 5.04. The molecule has 5 heteroatoms. The van der Waals surface area contributed by atoms with Gasteiger partial charge in [-0.25, -0.2) is 4.98 Å². The highest BCUT2D eigenvalue weighted by Crippen LogP contribution is 2.07. The van der Waals surface area contributed by atoms with Gasteiger partial charge in [-0.05, 0) is 13.8 Å². The molecule has 1 aromatic heterocycles. The minimum absolute atomic E-state index is 0.195. The van der Waals surface area contributed by atoms with E-state index in [1.165, 1.54) is 5.69 Å². The molecule has 0 amide bonds. The van der Waals surface area contributed by atoms with Gasteiger partial charge in [0, 0.05) is 33.5 Å². The fourth-order valence-corrected chi connectivity index (χ4v) is 1.63. The van der Waals surface area contributed by atoms with E-state index in [9.17, 15) is 0 Å². The minimum Gasteiger partial charge on any atom is -0.383 e. The van der Waals surface area contributed by atoms with E-state index in [0.29, 0.717) is 0 Å². The largest absolute Gasteiger partial charge is 0.383 e. The van der Waals surface area contributed by atoms with Crippen LogP contribution in [0.2, 0.25) is 0 Å². The number of nitrogens with one attached hydrogen (secondary N) is 1. The number of rotatable bonds is 8. The van der Waals surface area contributed by atoms with Crippen LogP contribution in [0.3, 0.4) is 0 Å². The van der Waals surface area contributed by atoms with Crippen LogP contribution in [0.5, 0.6) is 0 Å². The zero-order chi connectivity index (χ0) is 12.7. The van der Waals surface area contributed by atoms with E-state index in [-0.39, 0.29) is 6.10 Å². The SMILES string of the molecule is COCCNCc1cnc(C)n1CC(C)OC. The number of ether oxygens (including phenoxy) is 2. The highest BCUT2D eigenvalue weighted by Gasteiger charge is 2.09. The molecule has 1 N–H and O–H groups in total. The third-order valence-electron chi connectivity index (χ3n) is 2.77. The van der Waals surface area contributed by atoms with Gasteiger partial charge in [-0.3, -0.25) is 0 Å². The van der Waals surface area contributed by atoms with E-state index < -0.39 is 0 Å². The second-order valence-electron chi connectivity index (χ2n) is 4.12. The molecule has 1 aromatic rings. The fourth-order valence-electron chi connectivity index (χ4n) is 1.63. The Morgan fingerprint density at radius 1 is 1.47 bits per heavy atom. The zero-order valence-electron chi connectivity index (χ0n) is 11.2. The topological polar surface area (TPSA) is 48.3 Å². The van der Waals surface area contributed by atoms with E-state index in [2.05, 4.69) is 21.8 Å². The predicted octanol–water partition coefficient (Wildman–Crippen LogP) is 0.962. The summed E-state index contributed by atoms with van der Waals surface area (Å²) >= 11 is 0. The molecular weight excluding hydrogens is 218 g/mol. The van der Waals surface area contributed by atoms with Crippen LogP contribution in [-0.2, 0) is 22.6 Å². The Balaban J connectivity index is 2.53. The number of nitrogens with zero attached hydrogens (tertiary/aromatic N) is 2. The maximum Gasteiger partial charge on any atom is 0.105 e. The number of aromatic nitrogens is 2. The first-order valence-corrected chi connectivity index (χ1v) is 5.92. The molecule has 98 valence electrons. The average molecular weight is 241 g/mol. The van der Waals surface area contributed by atoms with Crippen molar-refractivity contribution < 1.29 is 9.47 Å². The maximum absolute atomic E-state index is 5.29. The molecule has 5 nitrogen and oxygen atoms in total. The summed E-state index contributed by atoms with van der Waals surface area (Å²) in [5, 5.41) is 3.32. The van der Waals surface area contributed by atoms with Gasteiger partial charge in [-0.2, -0.15) is 0 Å². The van der Waals surface area contributed by atoms with Gasteiger partial charge in [0.15, 0.2) is 0 Å². The van der Waals surface area contributed by atoms with Gasteiger partial charge in [0.25, 0.3) is 0 Å². The molecule has 0 saturated carbocycles. The van der Waals surface area contributed by atoms with Crippen molar-refractivity contribution >= 4 is 0 Å². The summed E-state index contributed by atoms with van der Waals surface area (Å²) in [6.07, 6.45) is 2.11. The first-order chi connectivity index (χ1) is 8.19. The predicted molar refractivity (Wildman–Crippen MR) is 67.0 cm³/mol. The molecule has 0 aliphatic carbocycles. The van der Waals surface area contributed by atoms with Crippen molar-refractivity contribution in [3.05, 3.63) is 17.7 Å². The zero-order valence-corrected chi connectivity index (χ0v) is 11.2. The molecule has 0 aliphatic heterocycles. The van der Waals surface area contributed by atoms with Gasteiger partial charge < -0.3 is 19.4 Å². The monoisotopic (exact) mass is 241 g/mol. The van der Waals surface area contributed by atoms with Crippen molar-refractivity contribution in [3.63, 3.8) is 0 Å². The first-order valence-electron chi connectivity index (χ1n) is 5.92. The van der Waals surface area contributed by atoms with E-state index in [0.717, 1.165) is 32.1 Å². The number of aryl methyl sites for hydroxylation is 1. The number of methoxy groups -OCH3 is 2. The lowest BCUT2D eigenvalue weighted by atomic mass is 10.3. The third-order valence-corrected chi connectivity index (χ3v) is 2.77. The molecule has 0 bridgehead atoms. The lowest BCUT2D eigenvalue weighted by Crippen LogP contribution is -2.23. The van der Waals surface area contributed by atoms with Crippen molar-refractivity contribution in [2.75, 3.05) is 27.4 Å². The van der Waals surface area contributed by atoms with Gasteiger partial charge in [-0.15, -0.1) is 0 Å². The van der Waals surface area contributed by atoms with E-state index >= 15 is 0 Å². The normalized spacial score (nSPS) is 12.9. The van der Waals surface area contributed by atoms with Crippen LogP contribution in [0, 0.1) is 6.92 Å². The summed E-state index contributed by atoms with van der Waals surface area (Å²) in [5.41, 5.74) is 1.18. The van der Waals surface area contributed by atoms with E-state index in [1.54, 1.807) is 14.2 Å². The Morgan fingerprint density at radius 3 is 2.88 bits per heavy atom. The summed E-state index contributed by atoms with van der Waals surface area (Å²) in [4.78, 5) is 4.34. The Hall–Kier alpha value is -0.910. The van der Waals surface area contributed by atoms with Crippen LogP contribution in [0.4, 0.5) is 0 Å². The highest BCUT2D eigenvalue weighted by atomic mass is 16.5. The second-order valence-corrected chi connectivity index (χ2v) is 4.12. The van der Waals surface area contributed by atoms with Crippen LogP contribution in [0.1, 0.15) is 18.4 Å². The summed E-state index contributed by atoms with van der Waals surface area (Å²) in [6.45, 7) is 7.29. The molecule has 0 aromatic carbocycles. The Kier molecular flexibility index (Phi) is 6.18. The summed E-state index contributed by atoms with van der Waals surface area (Å²) < 4.78 is 12.5. The van der Waals surface area contributed by atoms with Crippen molar-refractivity contribution in [2.24, 2.45) is 0 Å². The maximum atomic E-state index is 5.29. The van der Waals surface area contributed by atoms with Crippen LogP contribution >= 0.6 is 0 Å². The number of imidazole rings is 1. The van der Waals surface area contributed by atoms with Gasteiger partial charge in [0.1, 0.15) is 5.82 Å². The third kappa shape index (κ3) is 4.46. The van der Waals surface area contributed by atoms with E-state index in [1.807, 2.05) is 13.1 Å². The second kappa shape index (κ2) is 7.42. The Bertz CT molecular complexity index is 326. The Morgan fingerprint density at radius 2 is 2.24 bits per heavy atom. The summed E-state index contributed by atoms with van der Waals surface area (Å²) in [7, 11) is 3.43. The number of hydrogen-bond donors (Lipinski definition) is 1. The van der Waals surface area contributed by atoms with Crippen molar-refractivity contribution in [1.29, 1.82) is 0 Å². The van der Waals surface area contributed by atoms with Crippen molar-refractivity contribution in [2.45, 2.75) is 33.0 Å². The summed E-state index contributed by atoms with van der Waals surface area (Å²) in [6, 6.07) is 0. The van der Waals surface area contributed by atoms with Gasteiger partial charge in [0.05, 0.1) is 24.9 Å². The summed E-state index contributed by atoms with van der Waals surface area (Å²) in [5.74, 6) is 1.03. The lowest BCUT2D eigenvalue weighted by Gasteiger charge is -2.15. The molecule has 0 saturated heterocycles. The first kappa shape index (κ1) is 14.2. The Labute approximate surface area is 103 Å². The molecule has 0 spiro atoms.